The molecule has 0 spiro atoms. The highest BCUT2D eigenvalue weighted by Crippen LogP contribution is 2.34. The molecule has 9 heteroatoms. The molecule has 1 aromatic carbocycles. The molecular weight excluding hydrogens is 372 g/mol. The van der Waals surface area contributed by atoms with Gasteiger partial charge in [-0.2, -0.15) is 4.98 Å². The summed E-state index contributed by atoms with van der Waals surface area (Å²) in [5.41, 5.74) is 6.90. The Bertz CT molecular complexity index is 867. The van der Waals surface area contributed by atoms with Gasteiger partial charge in [-0.15, -0.1) is 0 Å². The molecule has 0 radical (unpaired) electrons. The number of fused-ring (bicyclic) bond motifs is 1. The Morgan fingerprint density at radius 1 is 1.17 bits per heavy atom. The van der Waals surface area contributed by atoms with Crippen LogP contribution in [0, 0.1) is 0 Å². The van der Waals surface area contributed by atoms with Crippen LogP contribution in [-0.4, -0.2) is 73.8 Å². The van der Waals surface area contributed by atoms with Crippen LogP contribution in [0.2, 0.25) is 0 Å². The van der Waals surface area contributed by atoms with E-state index in [1.807, 2.05) is 13.0 Å². The first-order valence-corrected chi connectivity index (χ1v) is 9.91. The van der Waals surface area contributed by atoms with E-state index in [9.17, 15) is 4.79 Å². The van der Waals surface area contributed by atoms with Gasteiger partial charge in [0.05, 0.1) is 26.3 Å². The number of carbonyl (C=O) groups excluding carboxylic acids is 1. The van der Waals surface area contributed by atoms with E-state index in [-0.39, 0.29) is 11.9 Å². The van der Waals surface area contributed by atoms with Gasteiger partial charge in [-0.05, 0) is 19.4 Å². The molecule has 1 fully saturated rings. The summed E-state index contributed by atoms with van der Waals surface area (Å²) < 4.78 is 10.7. The fourth-order valence-electron chi connectivity index (χ4n) is 3.34. The van der Waals surface area contributed by atoms with Gasteiger partial charge in [-0.25, -0.2) is 4.98 Å². The Morgan fingerprint density at radius 2 is 1.83 bits per heavy atom. The first kappa shape index (κ1) is 20.9. The second-order valence-electron chi connectivity index (χ2n) is 7.27. The predicted molar refractivity (Wildman–Crippen MR) is 114 cm³/mol. The molecule has 3 N–H and O–H groups in total. The summed E-state index contributed by atoms with van der Waals surface area (Å²) in [6, 6.07) is 3.81. The minimum Gasteiger partial charge on any atom is -0.493 e. The summed E-state index contributed by atoms with van der Waals surface area (Å²) in [6.07, 6.45) is 0.927. The zero-order valence-electron chi connectivity index (χ0n) is 17.6. The Kier molecular flexibility index (Phi) is 6.58. The number of piperazine rings is 1. The average Bonchev–Trinajstić information content (AvgIpc) is 2.73. The number of nitrogens with two attached hydrogens (primary N) is 1. The molecular formula is C20H30N6O3. The number of anilines is 2. The third kappa shape index (κ3) is 4.79. The van der Waals surface area contributed by atoms with E-state index in [1.165, 1.54) is 0 Å². The molecule has 0 aliphatic carbocycles. The van der Waals surface area contributed by atoms with E-state index in [4.69, 9.17) is 15.2 Å². The number of amides is 1. The summed E-state index contributed by atoms with van der Waals surface area (Å²) in [6.45, 7) is 7.48. The number of aromatic nitrogens is 2. The molecule has 29 heavy (non-hydrogen) atoms. The molecule has 1 aliphatic heterocycles. The van der Waals surface area contributed by atoms with Crippen molar-refractivity contribution in [2.75, 3.05) is 57.6 Å². The van der Waals surface area contributed by atoms with Gasteiger partial charge in [0.1, 0.15) is 5.82 Å². The monoisotopic (exact) mass is 402 g/mol. The largest absolute Gasteiger partial charge is 0.493 e. The van der Waals surface area contributed by atoms with Gasteiger partial charge < -0.3 is 25.4 Å². The van der Waals surface area contributed by atoms with Crippen LogP contribution in [0.1, 0.15) is 20.3 Å². The van der Waals surface area contributed by atoms with Gasteiger partial charge in [-0.1, -0.05) is 6.92 Å². The van der Waals surface area contributed by atoms with Crippen LogP contribution in [0.4, 0.5) is 11.8 Å². The summed E-state index contributed by atoms with van der Waals surface area (Å²) >= 11 is 0. The van der Waals surface area contributed by atoms with Gasteiger partial charge in [0, 0.05) is 43.7 Å². The number of methoxy groups -OCH3 is 2. The number of hydrogen-bond acceptors (Lipinski definition) is 8. The first-order valence-electron chi connectivity index (χ1n) is 9.91. The number of hydrogen-bond donors (Lipinski definition) is 2. The van der Waals surface area contributed by atoms with Crippen molar-refractivity contribution in [3.63, 3.8) is 0 Å². The maximum Gasteiger partial charge on any atom is 0.234 e. The highest BCUT2D eigenvalue weighted by Gasteiger charge is 2.22. The van der Waals surface area contributed by atoms with Crippen LogP contribution < -0.4 is 25.4 Å². The summed E-state index contributed by atoms with van der Waals surface area (Å²) in [5.74, 6) is 2.25. The number of rotatable bonds is 7. The topological polar surface area (TPSA) is 106 Å². The zero-order valence-corrected chi connectivity index (χ0v) is 17.6. The average molecular weight is 402 g/mol. The Balaban J connectivity index is 1.70. The van der Waals surface area contributed by atoms with Gasteiger partial charge >= 0.3 is 0 Å². The Hall–Kier alpha value is -2.81. The maximum absolute atomic E-state index is 12.1. The molecule has 0 saturated carbocycles. The lowest BCUT2D eigenvalue weighted by molar-refractivity contribution is -0.122. The van der Waals surface area contributed by atoms with Crippen LogP contribution >= 0.6 is 0 Å². The van der Waals surface area contributed by atoms with E-state index in [1.54, 1.807) is 20.3 Å². The number of benzene rings is 1. The standard InChI is InChI=1S/C20H30N6O3/c1-5-13(2)22-18(27)12-25-6-8-26(9-7-25)20-23-15-11-17(29-4)16(28-3)10-14(15)19(21)24-20/h10-11,13H,5-9,12H2,1-4H3,(H,22,27)(H2,21,23,24). The molecule has 9 nitrogen and oxygen atoms in total. The smallest absolute Gasteiger partial charge is 0.234 e. The molecule has 3 rings (SSSR count). The molecule has 1 amide bonds. The van der Waals surface area contributed by atoms with Crippen molar-refractivity contribution < 1.29 is 14.3 Å². The summed E-state index contributed by atoms with van der Waals surface area (Å²) in [7, 11) is 3.17. The molecule has 1 aromatic heterocycles. The number of nitrogen functional groups attached to an aromatic ring is 1. The zero-order chi connectivity index (χ0) is 21.0. The van der Waals surface area contributed by atoms with Crippen LogP contribution in [0.25, 0.3) is 10.9 Å². The van der Waals surface area contributed by atoms with Crippen LogP contribution in [0.15, 0.2) is 12.1 Å². The van der Waals surface area contributed by atoms with Gasteiger partial charge in [0.15, 0.2) is 11.5 Å². The molecule has 1 saturated heterocycles. The van der Waals surface area contributed by atoms with Crippen LogP contribution in [0.5, 0.6) is 11.5 Å². The quantitative estimate of drug-likeness (QED) is 0.713. The van der Waals surface area contributed by atoms with Crippen molar-refractivity contribution in [1.29, 1.82) is 0 Å². The van der Waals surface area contributed by atoms with Crippen molar-refractivity contribution in [2.45, 2.75) is 26.3 Å². The van der Waals surface area contributed by atoms with E-state index in [0.717, 1.165) is 38.0 Å². The van der Waals surface area contributed by atoms with Crippen LogP contribution in [0.3, 0.4) is 0 Å². The molecule has 0 bridgehead atoms. The van der Waals surface area contributed by atoms with E-state index >= 15 is 0 Å². The Morgan fingerprint density at radius 3 is 2.45 bits per heavy atom. The summed E-state index contributed by atoms with van der Waals surface area (Å²) in [4.78, 5) is 25.5. The van der Waals surface area contributed by atoms with E-state index < -0.39 is 0 Å². The van der Waals surface area contributed by atoms with Crippen molar-refractivity contribution in [1.82, 2.24) is 20.2 Å². The Labute approximate surface area is 171 Å². The normalized spacial score (nSPS) is 15.9. The van der Waals surface area contributed by atoms with Crippen molar-refractivity contribution >= 4 is 28.6 Å². The van der Waals surface area contributed by atoms with Gasteiger partial charge in [0.25, 0.3) is 0 Å². The van der Waals surface area contributed by atoms with E-state index in [0.29, 0.717) is 35.3 Å². The lowest BCUT2D eigenvalue weighted by Crippen LogP contribution is -2.50. The molecule has 2 aromatic rings. The molecule has 158 valence electrons. The summed E-state index contributed by atoms with van der Waals surface area (Å²) in [5, 5.41) is 3.74. The minimum atomic E-state index is 0.0695. The fraction of sp³-hybridized carbons (Fsp3) is 0.550. The highest BCUT2D eigenvalue weighted by molar-refractivity contribution is 5.91. The first-order chi connectivity index (χ1) is 13.9. The predicted octanol–water partition coefficient (Wildman–Crippen LogP) is 1.27. The third-order valence-electron chi connectivity index (χ3n) is 5.26. The highest BCUT2D eigenvalue weighted by atomic mass is 16.5. The number of nitrogens with one attached hydrogen (secondary N) is 1. The lowest BCUT2D eigenvalue weighted by Gasteiger charge is -2.34. The van der Waals surface area contributed by atoms with Crippen LogP contribution in [-0.2, 0) is 4.79 Å². The van der Waals surface area contributed by atoms with Crippen molar-refractivity contribution in [3.8, 4) is 11.5 Å². The number of ether oxygens (including phenoxy) is 2. The van der Waals surface area contributed by atoms with Crippen molar-refractivity contribution in [3.05, 3.63) is 12.1 Å². The fourth-order valence-corrected chi connectivity index (χ4v) is 3.34. The van der Waals surface area contributed by atoms with E-state index in [2.05, 4.69) is 32.0 Å². The second kappa shape index (κ2) is 9.13. The van der Waals surface area contributed by atoms with Crippen molar-refractivity contribution in [2.24, 2.45) is 0 Å². The molecule has 1 atom stereocenters. The maximum atomic E-state index is 12.1. The lowest BCUT2D eigenvalue weighted by atomic mass is 10.2. The molecule has 1 aliphatic rings. The molecule has 2 heterocycles. The van der Waals surface area contributed by atoms with Gasteiger partial charge in [0.2, 0.25) is 11.9 Å². The minimum absolute atomic E-state index is 0.0695. The second-order valence-corrected chi connectivity index (χ2v) is 7.27. The van der Waals surface area contributed by atoms with Gasteiger partial charge in [-0.3, -0.25) is 9.69 Å². The third-order valence-corrected chi connectivity index (χ3v) is 5.26. The SMILES string of the molecule is CCC(C)NC(=O)CN1CCN(c2nc(N)c3cc(OC)c(OC)cc3n2)CC1. The number of nitrogens with zero attached hydrogens (tertiary/aromatic N) is 4. The molecule has 1 unspecified atom stereocenters. The number of carbonyl (C=O) groups is 1.